The van der Waals surface area contributed by atoms with Crippen molar-refractivity contribution in [3.8, 4) is 16.3 Å². The van der Waals surface area contributed by atoms with Gasteiger partial charge in [-0.25, -0.2) is 4.98 Å². The minimum Gasteiger partial charge on any atom is -0.507 e. The third-order valence-corrected chi connectivity index (χ3v) is 5.78. The highest BCUT2D eigenvalue weighted by molar-refractivity contribution is 7.21. The van der Waals surface area contributed by atoms with E-state index in [0.29, 0.717) is 5.02 Å². The van der Waals surface area contributed by atoms with Gasteiger partial charge in [-0.2, -0.15) is 0 Å². The molecule has 1 fully saturated rings. The number of benzene rings is 2. The topological polar surface area (TPSA) is 36.4 Å². The second kappa shape index (κ2) is 6.71. The van der Waals surface area contributed by atoms with Crippen molar-refractivity contribution < 1.29 is 5.11 Å². The molecule has 124 valence electrons. The van der Waals surface area contributed by atoms with Crippen LogP contribution in [0.3, 0.4) is 0 Å². The Balaban J connectivity index is 1.63. The van der Waals surface area contributed by atoms with Gasteiger partial charge in [-0.15, -0.1) is 11.3 Å². The molecule has 1 saturated heterocycles. The van der Waals surface area contributed by atoms with E-state index in [1.807, 2.05) is 6.07 Å². The summed E-state index contributed by atoms with van der Waals surface area (Å²) in [6.45, 7) is 3.41. The first-order chi connectivity index (χ1) is 11.7. The molecule has 2 heterocycles. The number of phenols is 1. The van der Waals surface area contributed by atoms with Gasteiger partial charge >= 0.3 is 0 Å². The Hall–Kier alpha value is -1.62. The average Bonchev–Trinajstić information content (AvgIpc) is 2.98. The van der Waals surface area contributed by atoms with Crippen LogP contribution in [0.25, 0.3) is 20.8 Å². The monoisotopic (exact) mass is 358 g/mol. The van der Waals surface area contributed by atoms with Gasteiger partial charge in [0.1, 0.15) is 10.8 Å². The van der Waals surface area contributed by atoms with Crippen LogP contribution in [0.4, 0.5) is 0 Å². The summed E-state index contributed by atoms with van der Waals surface area (Å²) in [5.41, 5.74) is 3.05. The predicted octanol–water partition coefficient (Wildman–Crippen LogP) is 5.31. The highest BCUT2D eigenvalue weighted by atomic mass is 35.5. The number of fused-ring (bicyclic) bond motifs is 1. The van der Waals surface area contributed by atoms with E-state index < -0.39 is 0 Å². The van der Waals surface area contributed by atoms with Crippen molar-refractivity contribution in [2.75, 3.05) is 13.1 Å². The Morgan fingerprint density at radius 3 is 2.71 bits per heavy atom. The molecular formula is C19H19ClN2OS. The number of halogens is 1. The van der Waals surface area contributed by atoms with E-state index in [9.17, 15) is 5.11 Å². The zero-order valence-corrected chi connectivity index (χ0v) is 14.9. The minimum absolute atomic E-state index is 0.176. The molecule has 0 spiro atoms. The molecule has 0 bridgehead atoms. The molecule has 0 unspecified atom stereocenters. The van der Waals surface area contributed by atoms with E-state index in [0.717, 1.165) is 27.3 Å². The highest BCUT2D eigenvalue weighted by Gasteiger charge is 2.13. The molecule has 1 aromatic heterocycles. The number of nitrogens with zero attached hydrogens (tertiary/aromatic N) is 2. The molecule has 1 N–H and O–H groups in total. The smallest absolute Gasteiger partial charge is 0.128 e. The van der Waals surface area contributed by atoms with Gasteiger partial charge in [-0.05, 0) is 61.8 Å². The normalized spacial score (nSPS) is 15.9. The van der Waals surface area contributed by atoms with Crippen LogP contribution in [0.5, 0.6) is 5.75 Å². The molecular weight excluding hydrogens is 340 g/mol. The van der Waals surface area contributed by atoms with Crippen LogP contribution in [0.15, 0.2) is 36.4 Å². The van der Waals surface area contributed by atoms with Crippen molar-refractivity contribution in [3.63, 3.8) is 0 Å². The number of aromatic hydroxyl groups is 1. The second-order valence-corrected chi connectivity index (χ2v) is 7.79. The van der Waals surface area contributed by atoms with Gasteiger partial charge in [0.15, 0.2) is 0 Å². The molecule has 4 rings (SSSR count). The first kappa shape index (κ1) is 15.9. The van der Waals surface area contributed by atoms with Crippen LogP contribution >= 0.6 is 22.9 Å². The van der Waals surface area contributed by atoms with Gasteiger partial charge in [0, 0.05) is 11.6 Å². The number of phenolic OH excluding ortho intramolecular Hbond substituents is 1. The largest absolute Gasteiger partial charge is 0.507 e. The van der Waals surface area contributed by atoms with Crippen LogP contribution in [-0.4, -0.2) is 28.1 Å². The number of piperidine rings is 1. The zero-order chi connectivity index (χ0) is 16.5. The molecule has 1 aliphatic heterocycles. The molecule has 5 heteroatoms. The lowest BCUT2D eigenvalue weighted by molar-refractivity contribution is 0.221. The van der Waals surface area contributed by atoms with Gasteiger partial charge in [0.05, 0.1) is 15.8 Å². The fourth-order valence-electron chi connectivity index (χ4n) is 3.24. The van der Waals surface area contributed by atoms with E-state index in [-0.39, 0.29) is 5.75 Å². The van der Waals surface area contributed by atoms with Crippen molar-refractivity contribution in [2.45, 2.75) is 25.8 Å². The first-order valence-electron chi connectivity index (χ1n) is 8.30. The number of hydrogen-bond acceptors (Lipinski definition) is 4. The second-order valence-electron chi connectivity index (χ2n) is 6.32. The van der Waals surface area contributed by atoms with E-state index in [2.05, 4.69) is 28.1 Å². The van der Waals surface area contributed by atoms with Crippen molar-refractivity contribution in [2.24, 2.45) is 0 Å². The Kier molecular flexibility index (Phi) is 4.44. The Morgan fingerprint density at radius 2 is 1.92 bits per heavy atom. The summed E-state index contributed by atoms with van der Waals surface area (Å²) in [6.07, 6.45) is 3.98. The molecule has 0 atom stereocenters. The fraction of sp³-hybridized carbons (Fsp3) is 0.316. The summed E-state index contributed by atoms with van der Waals surface area (Å²) in [4.78, 5) is 7.19. The average molecular weight is 359 g/mol. The SMILES string of the molecule is Oc1cc(Cl)ccc1-c1nc2ccc(CN3CCCCC3)cc2s1. The van der Waals surface area contributed by atoms with E-state index in [4.69, 9.17) is 11.6 Å². The summed E-state index contributed by atoms with van der Waals surface area (Å²) in [5.74, 6) is 0.176. The van der Waals surface area contributed by atoms with Gasteiger partial charge < -0.3 is 5.11 Å². The maximum atomic E-state index is 10.1. The van der Waals surface area contributed by atoms with Gasteiger partial charge in [0.2, 0.25) is 0 Å². The van der Waals surface area contributed by atoms with Gasteiger partial charge in [-0.3, -0.25) is 4.90 Å². The molecule has 24 heavy (non-hydrogen) atoms. The standard InChI is InChI=1S/C19H19ClN2OS/c20-14-5-6-15(17(23)11-14)19-21-16-7-4-13(10-18(16)24-19)12-22-8-2-1-3-9-22/h4-7,10-11,23H,1-3,8-9,12H2. The van der Waals surface area contributed by atoms with Crippen LogP contribution in [0, 0.1) is 0 Å². The lowest BCUT2D eigenvalue weighted by Gasteiger charge is -2.26. The molecule has 3 aromatic rings. The third kappa shape index (κ3) is 3.27. The number of aromatic nitrogens is 1. The molecule has 2 aromatic carbocycles. The Morgan fingerprint density at radius 1 is 1.08 bits per heavy atom. The van der Waals surface area contributed by atoms with Crippen molar-refractivity contribution in [3.05, 3.63) is 47.0 Å². The molecule has 0 amide bonds. The third-order valence-electron chi connectivity index (χ3n) is 4.50. The van der Waals surface area contributed by atoms with Gasteiger partial charge in [-0.1, -0.05) is 24.1 Å². The fourth-order valence-corrected chi connectivity index (χ4v) is 4.47. The van der Waals surface area contributed by atoms with Crippen molar-refractivity contribution in [1.82, 2.24) is 9.88 Å². The summed E-state index contributed by atoms with van der Waals surface area (Å²) >= 11 is 7.53. The maximum absolute atomic E-state index is 10.1. The van der Waals surface area contributed by atoms with E-state index in [1.54, 1.807) is 23.5 Å². The number of thiazole rings is 1. The molecule has 0 saturated carbocycles. The lowest BCUT2D eigenvalue weighted by Crippen LogP contribution is -2.28. The predicted molar refractivity (Wildman–Crippen MR) is 101 cm³/mol. The maximum Gasteiger partial charge on any atom is 0.128 e. The number of hydrogen-bond donors (Lipinski definition) is 1. The minimum atomic E-state index is 0.176. The lowest BCUT2D eigenvalue weighted by atomic mass is 10.1. The van der Waals surface area contributed by atoms with E-state index >= 15 is 0 Å². The summed E-state index contributed by atoms with van der Waals surface area (Å²) < 4.78 is 1.16. The molecule has 3 nitrogen and oxygen atoms in total. The number of likely N-dealkylation sites (tertiary alicyclic amines) is 1. The molecule has 0 radical (unpaired) electrons. The highest BCUT2D eigenvalue weighted by Crippen LogP contribution is 2.36. The van der Waals surface area contributed by atoms with Gasteiger partial charge in [0.25, 0.3) is 0 Å². The molecule has 1 aliphatic rings. The number of rotatable bonds is 3. The van der Waals surface area contributed by atoms with E-state index in [1.165, 1.54) is 37.9 Å². The Labute approximate surface area is 150 Å². The van der Waals surface area contributed by atoms with Crippen molar-refractivity contribution in [1.29, 1.82) is 0 Å². The first-order valence-corrected chi connectivity index (χ1v) is 9.49. The molecule has 0 aliphatic carbocycles. The quantitative estimate of drug-likeness (QED) is 0.689. The van der Waals surface area contributed by atoms with Crippen LogP contribution in [0.2, 0.25) is 5.02 Å². The zero-order valence-electron chi connectivity index (χ0n) is 13.3. The van der Waals surface area contributed by atoms with Crippen LogP contribution < -0.4 is 0 Å². The van der Waals surface area contributed by atoms with Crippen LogP contribution in [-0.2, 0) is 6.54 Å². The van der Waals surface area contributed by atoms with Crippen molar-refractivity contribution >= 4 is 33.2 Å². The summed E-state index contributed by atoms with van der Waals surface area (Å²) in [6, 6.07) is 11.7. The Bertz CT molecular complexity index is 871. The summed E-state index contributed by atoms with van der Waals surface area (Å²) in [7, 11) is 0. The van der Waals surface area contributed by atoms with Crippen LogP contribution in [0.1, 0.15) is 24.8 Å². The summed E-state index contributed by atoms with van der Waals surface area (Å²) in [5, 5.41) is 11.5.